The number of carbonyl (C=O) groups excluding carboxylic acids is 1. The lowest BCUT2D eigenvalue weighted by atomic mass is 9.60. The van der Waals surface area contributed by atoms with Crippen LogP contribution in [0.1, 0.15) is 52.9 Å². The number of hydrogen-bond donors (Lipinski definition) is 1. The van der Waals surface area contributed by atoms with E-state index in [-0.39, 0.29) is 18.2 Å². The van der Waals surface area contributed by atoms with E-state index in [1.54, 1.807) is 0 Å². The highest BCUT2D eigenvalue weighted by Gasteiger charge is 2.53. The number of aromatic amines is 1. The topological polar surface area (TPSA) is 72.4 Å². The molecule has 6 nitrogen and oxygen atoms in total. The van der Waals surface area contributed by atoms with Crippen LogP contribution in [0.5, 0.6) is 0 Å². The molecule has 1 aromatic heterocycles. The van der Waals surface area contributed by atoms with Crippen molar-refractivity contribution in [2.24, 2.45) is 5.92 Å². The summed E-state index contributed by atoms with van der Waals surface area (Å²) >= 11 is 0. The van der Waals surface area contributed by atoms with E-state index in [4.69, 9.17) is 4.74 Å². The van der Waals surface area contributed by atoms with Crippen LogP contribution >= 0.6 is 0 Å². The van der Waals surface area contributed by atoms with Gasteiger partial charge in [0.2, 0.25) is 0 Å². The summed E-state index contributed by atoms with van der Waals surface area (Å²) in [6, 6.07) is 14.2. The highest BCUT2D eigenvalue weighted by atomic mass is 19.1. The van der Waals surface area contributed by atoms with Crippen LogP contribution in [0.3, 0.4) is 0 Å². The fraction of sp³-hybridized carbons (Fsp3) is 0.448. The number of nitrogens with one attached hydrogen (secondary N) is 1. The first-order valence-electron chi connectivity index (χ1n) is 13.1. The van der Waals surface area contributed by atoms with Gasteiger partial charge in [-0.1, -0.05) is 24.6 Å². The standard InChI is InChI=1S/C29H29FN4O2/c30-23-14-21-22(15-25(23)34-11-9-33(10-12-34)19-4-3-5-19)29(8-13-36-17-18(29)16-31)28-26(27(21)35)20-6-1-2-7-24(20)32-28/h1-2,6-7,14-15,18-19,32H,3-5,8-13,17H2. The van der Waals surface area contributed by atoms with E-state index in [9.17, 15) is 10.1 Å². The van der Waals surface area contributed by atoms with Crippen LogP contribution in [0.25, 0.3) is 10.9 Å². The van der Waals surface area contributed by atoms with Crippen molar-refractivity contribution in [2.75, 3.05) is 44.3 Å². The van der Waals surface area contributed by atoms with Crippen LogP contribution in [0.4, 0.5) is 10.1 Å². The Morgan fingerprint density at radius 3 is 2.69 bits per heavy atom. The zero-order valence-electron chi connectivity index (χ0n) is 20.2. The lowest BCUT2D eigenvalue weighted by Gasteiger charge is -2.46. The maximum Gasteiger partial charge on any atom is 0.195 e. The first kappa shape index (κ1) is 22.0. The van der Waals surface area contributed by atoms with Crippen molar-refractivity contribution in [1.29, 1.82) is 5.26 Å². The van der Waals surface area contributed by atoms with Gasteiger partial charge in [-0.3, -0.25) is 9.69 Å². The van der Waals surface area contributed by atoms with Gasteiger partial charge in [-0.25, -0.2) is 4.39 Å². The number of H-pyrrole nitrogens is 1. The molecular weight excluding hydrogens is 455 g/mol. The average molecular weight is 485 g/mol. The van der Waals surface area contributed by atoms with Gasteiger partial charge in [-0.05, 0) is 43.0 Å². The summed E-state index contributed by atoms with van der Waals surface area (Å²) in [5, 5.41) is 11.1. The largest absolute Gasteiger partial charge is 0.380 e. The second-order valence-corrected chi connectivity index (χ2v) is 10.7. The molecule has 2 aromatic carbocycles. The van der Waals surface area contributed by atoms with E-state index in [1.807, 2.05) is 30.3 Å². The van der Waals surface area contributed by atoms with E-state index in [1.165, 1.54) is 25.3 Å². The Labute approximate surface area is 209 Å². The van der Waals surface area contributed by atoms with E-state index in [0.717, 1.165) is 48.3 Å². The number of hydrogen-bond acceptors (Lipinski definition) is 5. The average Bonchev–Trinajstić information content (AvgIpc) is 3.27. The molecule has 3 heterocycles. The molecule has 1 N–H and O–H groups in total. The van der Waals surface area contributed by atoms with Gasteiger partial charge in [0.25, 0.3) is 0 Å². The molecule has 2 unspecified atom stereocenters. The molecule has 0 amide bonds. The fourth-order valence-corrected chi connectivity index (χ4v) is 6.94. The molecule has 36 heavy (non-hydrogen) atoms. The Morgan fingerprint density at radius 2 is 1.94 bits per heavy atom. The van der Waals surface area contributed by atoms with Crippen molar-refractivity contribution >= 4 is 22.4 Å². The number of benzene rings is 2. The summed E-state index contributed by atoms with van der Waals surface area (Å²) in [5.74, 6) is -1.02. The Morgan fingerprint density at radius 1 is 1.14 bits per heavy atom. The maximum atomic E-state index is 15.7. The van der Waals surface area contributed by atoms with Crippen molar-refractivity contribution in [1.82, 2.24) is 9.88 Å². The number of piperazine rings is 1. The minimum absolute atomic E-state index is 0.175. The maximum absolute atomic E-state index is 15.7. The van der Waals surface area contributed by atoms with Gasteiger partial charge in [-0.2, -0.15) is 5.26 Å². The van der Waals surface area contributed by atoms with Crippen LogP contribution in [-0.4, -0.2) is 61.1 Å². The predicted molar refractivity (Wildman–Crippen MR) is 135 cm³/mol. The Balaban J connectivity index is 1.38. The Bertz CT molecular complexity index is 1410. The number of aromatic nitrogens is 1. The summed E-state index contributed by atoms with van der Waals surface area (Å²) in [6.07, 6.45) is 4.40. The second kappa shape index (κ2) is 8.16. The third-order valence-corrected chi connectivity index (χ3v) is 9.11. The number of rotatable bonds is 2. The molecule has 184 valence electrons. The highest BCUT2D eigenvalue weighted by molar-refractivity contribution is 6.20. The molecule has 3 aromatic rings. The van der Waals surface area contributed by atoms with Crippen molar-refractivity contribution in [3.8, 4) is 6.07 Å². The fourth-order valence-electron chi connectivity index (χ4n) is 6.94. The first-order valence-corrected chi connectivity index (χ1v) is 13.1. The van der Waals surface area contributed by atoms with Crippen molar-refractivity contribution in [3.05, 3.63) is 64.6 Å². The molecule has 2 saturated heterocycles. The van der Waals surface area contributed by atoms with E-state index < -0.39 is 11.3 Å². The summed E-state index contributed by atoms with van der Waals surface area (Å²) in [5.41, 5.74) is 3.14. The number of para-hydroxylation sites is 1. The van der Waals surface area contributed by atoms with Crippen molar-refractivity contribution < 1.29 is 13.9 Å². The normalized spacial score (nSPS) is 26.5. The van der Waals surface area contributed by atoms with Crippen LogP contribution in [0.2, 0.25) is 0 Å². The van der Waals surface area contributed by atoms with Gasteiger partial charge in [0.05, 0.1) is 35.3 Å². The molecule has 2 atom stereocenters. The quantitative estimate of drug-likeness (QED) is 0.585. The van der Waals surface area contributed by atoms with E-state index in [2.05, 4.69) is 20.9 Å². The molecule has 3 fully saturated rings. The van der Waals surface area contributed by atoms with Crippen molar-refractivity contribution in [3.63, 3.8) is 0 Å². The first-order chi connectivity index (χ1) is 17.6. The molecule has 0 radical (unpaired) electrons. The number of ether oxygens (including phenoxy) is 1. The monoisotopic (exact) mass is 484 g/mol. The summed E-state index contributed by atoms with van der Waals surface area (Å²) < 4.78 is 21.5. The van der Waals surface area contributed by atoms with Gasteiger partial charge < -0.3 is 14.6 Å². The second-order valence-electron chi connectivity index (χ2n) is 10.7. The number of halogens is 1. The lowest BCUT2D eigenvalue weighted by Crippen LogP contribution is -2.52. The minimum atomic E-state index is -0.749. The Kier molecular flexibility index (Phi) is 4.99. The molecule has 0 bridgehead atoms. The third kappa shape index (κ3) is 2.98. The van der Waals surface area contributed by atoms with Gasteiger partial charge in [0.15, 0.2) is 5.78 Å². The number of fused-ring (bicyclic) bond motifs is 6. The molecular formula is C29H29FN4O2. The van der Waals surface area contributed by atoms with Crippen LogP contribution in [0, 0.1) is 23.1 Å². The molecule has 1 spiro atoms. The number of ketones is 1. The lowest BCUT2D eigenvalue weighted by molar-refractivity contribution is 0.0317. The van der Waals surface area contributed by atoms with E-state index >= 15 is 4.39 Å². The minimum Gasteiger partial charge on any atom is -0.380 e. The number of nitrogens with zero attached hydrogens (tertiary/aromatic N) is 3. The van der Waals surface area contributed by atoms with Crippen LogP contribution in [-0.2, 0) is 10.2 Å². The highest BCUT2D eigenvalue weighted by Crippen LogP contribution is 2.52. The molecule has 4 aliphatic rings. The van der Waals surface area contributed by atoms with Crippen molar-refractivity contribution in [2.45, 2.75) is 37.1 Å². The number of nitriles is 1. The molecule has 1 saturated carbocycles. The smallest absolute Gasteiger partial charge is 0.195 e. The van der Waals surface area contributed by atoms with Crippen LogP contribution < -0.4 is 4.90 Å². The molecule has 7 rings (SSSR count). The zero-order valence-corrected chi connectivity index (χ0v) is 20.2. The van der Waals surface area contributed by atoms with Crippen LogP contribution in [0.15, 0.2) is 36.4 Å². The predicted octanol–water partition coefficient (Wildman–Crippen LogP) is 4.37. The van der Waals surface area contributed by atoms with Gasteiger partial charge in [0, 0.05) is 61.0 Å². The van der Waals surface area contributed by atoms with E-state index in [0.29, 0.717) is 35.9 Å². The molecule has 7 heteroatoms. The molecule has 2 aliphatic heterocycles. The third-order valence-electron chi connectivity index (χ3n) is 9.11. The SMILES string of the molecule is N#CC1COCCC12c1cc(N3CCN(C4CCC4)CC3)c(F)cc1C(=O)c1c2[nH]c2ccccc12. The number of carbonyl (C=O) groups is 1. The van der Waals surface area contributed by atoms with Gasteiger partial charge in [-0.15, -0.1) is 0 Å². The zero-order chi connectivity index (χ0) is 24.4. The number of anilines is 1. The summed E-state index contributed by atoms with van der Waals surface area (Å²) in [4.78, 5) is 22.0. The van der Waals surface area contributed by atoms with Gasteiger partial charge in [0.1, 0.15) is 5.82 Å². The summed E-state index contributed by atoms with van der Waals surface area (Å²) in [6.45, 7) is 4.13. The van der Waals surface area contributed by atoms with Gasteiger partial charge >= 0.3 is 0 Å². The molecule has 2 aliphatic carbocycles. The Hall–Kier alpha value is -3.21. The summed E-state index contributed by atoms with van der Waals surface area (Å²) in [7, 11) is 0.